The Morgan fingerprint density at radius 1 is 1.18 bits per heavy atom. The fraction of sp³-hybridized carbons (Fsp3) is 0.250. The molecule has 10 heteroatoms. The Bertz CT molecular complexity index is 1530. The molecule has 4 aromatic rings. The van der Waals surface area contributed by atoms with Crippen molar-refractivity contribution in [2.24, 2.45) is 12.8 Å². The molecule has 4 N–H and O–H groups in total. The number of primary amides is 1. The maximum atomic E-state index is 12.7. The maximum absolute atomic E-state index is 12.7. The quantitative estimate of drug-likeness (QED) is 0.380. The Morgan fingerprint density at radius 2 is 1.85 bits per heavy atom. The summed E-state index contributed by atoms with van der Waals surface area (Å²) >= 11 is 0. The summed E-state index contributed by atoms with van der Waals surface area (Å²) < 4.78 is 22.8. The number of benzene rings is 2. The number of nitrogens with two attached hydrogens (primary N) is 1. The first-order valence-corrected chi connectivity index (χ1v) is 12.5. The van der Waals surface area contributed by atoms with E-state index in [9.17, 15) is 9.00 Å². The van der Waals surface area contributed by atoms with Crippen molar-refractivity contribution in [3.05, 3.63) is 59.2 Å². The third-order valence-corrected chi connectivity index (χ3v) is 7.89. The predicted octanol–water partition coefficient (Wildman–Crippen LogP) is 4.22. The molecule has 0 aliphatic carbocycles. The Labute approximate surface area is 198 Å². The van der Waals surface area contributed by atoms with Gasteiger partial charge < -0.3 is 15.6 Å². The SMILES string of the molecule is CCS(=N)(=O)c1c(C)cc(Nc2nc(C)c(-c3cccc4c3ncn4C)nc2C(N)=O)cc1C. The number of aryl methyl sites for hydroxylation is 4. The minimum atomic E-state index is -2.87. The van der Waals surface area contributed by atoms with Gasteiger partial charge in [-0.1, -0.05) is 19.1 Å². The lowest BCUT2D eigenvalue weighted by Gasteiger charge is -2.17. The molecule has 9 nitrogen and oxygen atoms in total. The zero-order valence-electron chi connectivity index (χ0n) is 19.8. The first-order valence-electron chi connectivity index (χ1n) is 10.8. The van der Waals surface area contributed by atoms with Gasteiger partial charge in [-0.2, -0.15) is 0 Å². The topological polar surface area (TPSA) is 140 Å². The summed E-state index contributed by atoms with van der Waals surface area (Å²) in [5, 5.41) is 3.14. The van der Waals surface area contributed by atoms with Gasteiger partial charge in [-0.05, 0) is 50.1 Å². The highest BCUT2D eigenvalue weighted by Gasteiger charge is 2.21. The number of aromatic nitrogens is 4. The van der Waals surface area contributed by atoms with E-state index < -0.39 is 15.6 Å². The number of nitrogens with one attached hydrogen (secondary N) is 2. The fourth-order valence-corrected chi connectivity index (χ4v) is 5.65. The van der Waals surface area contributed by atoms with Crippen LogP contribution in [0, 0.1) is 25.6 Å². The summed E-state index contributed by atoms with van der Waals surface area (Å²) in [5.74, 6) is -0.243. The van der Waals surface area contributed by atoms with Crippen LogP contribution in [-0.2, 0) is 16.8 Å². The number of carbonyl (C=O) groups excluding carboxylic acids is 1. The number of imidazole rings is 1. The zero-order chi connectivity index (χ0) is 24.8. The standard InChI is InChI=1S/C24H27N7O2S/c1-6-34(26,33)22-13(2)10-16(11-14(22)3)29-24-21(23(25)32)30-19(15(4)28-24)17-8-7-9-18-20(17)27-12-31(18)5/h7-12,26H,6H2,1-5H3,(H2,25,32)(H,28,29). The van der Waals surface area contributed by atoms with Gasteiger partial charge in [0.25, 0.3) is 5.91 Å². The van der Waals surface area contributed by atoms with E-state index in [1.807, 2.05) is 50.6 Å². The van der Waals surface area contributed by atoms with Gasteiger partial charge in [0.05, 0.1) is 43.4 Å². The molecule has 0 aliphatic heterocycles. The smallest absolute Gasteiger partial charge is 0.271 e. The summed E-state index contributed by atoms with van der Waals surface area (Å²) in [7, 11) is -0.956. The molecule has 1 unspecified atom stereocenters. The van der Waals surface area contributed by atoms with Crippen molar-refractivity contribution in [3.8, 4) is 11.3 Å². The van der Waals surface area contributed by atoms with Gasteiger partial charge in [0.2, 0.25) is 0 Å². The van der Waals surface area contributed by atoms with Crippen LogP contribution in [0.1, 0.15) is 34.2 Å². The molecule has 2 aromatic heterocycles. The Balaban J connectivity index is 1.82. The first-order chi connectivity index (χ1) is 16.0. The second-order valence-electron chi connectivity index (χ2n) is 8.28. The van der Waals surface area contributed by atoms with Crippen molar-refractivity contribution in [1.82, 2.24) is 19.5 Å². The molecule has 0 fully saturated rings. The molecule has 2 aromatic carbocycles. The first kappa shape index (κ1) is 23.4. The van der Waals surface area contributed by atoms with E-state index in [2.05, 4.69) is 20.3 Å². The number of hydrogen-bond donors (Lipinski definition) is 3. The van der Waals surface area contributed by atoms with Gasteiger partial charge in [-0.25, -0.2) is 23.9 Å². The highest BCUT2D eigenvalue weighted by atomic mass is 32.2. The number of carbonyl (C=O) groups is 1. The number of para-hydroxylation sites is 1. The lowest BCUT2D eigenvalue weighted by Crippen LogP contribution is -2.18. The summed E-state index contributed by atoms with van der Waals surface area (Å²) in [6.45, 7) is 7.20. The van der Waals surface area contributed by atoms with Crippen molar-refractivity contribution in [2.45, 2.75) is 32.6 Å². The fourth-order valence-electron chi connectivity index (χ4n) is 4.21. The maximum Gasteiger partial charge on any atom is 0.271 e. The van der Waals surface area contributed by atoms with Crippen LogP contribution in [0.5, 0.6) is 0 Å². The average molecular weight is 478 g/mol. The molecule has 1 atom stereocenters. The van der Waals surface area contributed by atoms with Gasteiger partial charge in [-0.15, -0.1) is 0 Å². The monoisotopic (exact) mass is 477 g/mol. The molecule has 0 radical (unpaired) electrons. The van der Waals surface area contributed by atoms with Gasteiger partial charge >= 0.3 is 0 Å². The van der Waals surface area contributed by atoms with Crippen molar-refractivity contribution in [2.75, 3.05) is 11.1 Å². The highest BCUT2D eigenvalue weighted by molar-refractivity contribution is 7.92. The van der Waals surface area contributed by atoms with Crippen LogP contribution in [0.15, 0.2) is 41.6 Å². The Morgan fingerprint density at radius 3 is 2.47 bits per heavy atom. The van der Waals surface area contributed by atoms with E-state index in [1.165, 1.54) is 0 Å². The molecule has 0 saturated carbocycles. The third kappa shape index (κ3) is 4.01. The van der Waals surface area contributed by atoms with E-state index in [0.29, 0.717) is 22.0 Å². The van der Waals surface area contributed by atoms with Crippen molar-refractivity contribution < 1.29 is 9.00 Å². The zero-order valence-corrected chi connectivity index (χ0v) is 20.6. The number of nitrogens with zero attached hydrogens (tertiary/aromatic N) is 4. The number of rotatable bonds is 6. The lowest BCUT2D eigenvalue weighted by molar-refractivity contribution is 0.0996. The van der Waals surface area contributed by atoms with Crippen molar-refractivity contribution in [3.63, 3.8) is 0 Å². The second kappa shape index (κ2) is 8.53. The molecular formula is C24H27N7O2S. The summed E-state index contributed by atoms with van der Waals surface area (Å²) in [6, 6.07) is 9.33. The van der Waals surface area contributed by atoms with Gasteiger partial charge in [0, 0.05) is 24.1 Å². The molecule has 0 saturated heterocycles. The Kier molecular flexibility index (Phi) is 5.86. The normalized spacial score (nSPS) is 13.1. The molecule has 0 aliphatic rings. The van der Waals surface area contributed by atoms with Crippen LogP contribution < -0.4 is 11.1 Å². The Hall–Kier alpha value is -3.79. The van der Waals surface area contributed by atoms with E-state index in [0.717, 1.165) is 27.7 Å². The van der Waals surface area contributed by atoms with Gasteiger partial charge in [0.1, 0.15) is 0 Å². The molecular weight excluding hydrogens is 450 g/mol. The number of hydrogen-bond acceptors (Lipinski definition) is 7. The van der Waals surface area contributed by atoms with Crippen LogP contribution in [0.2, 0.25) is 0 Å². The van der Waals surface area contributed by atoms with Gasteiger partial charge in [-0.3, -0.25) is 4.79 Å². The second-order valence-corrected chi connectivity index (χ2v) is 10.6. The molecule has 4 rings (SSSR count). The number of fused-ring (bicyclic) bond motifs is 1. The third-order valence-electron chi connectivity index (χ3n) is 5.77. The summed E-state index contributed by atoms with van der Waals surface area (Å²) in [6.07, 6.45) is 1.73. The number of anilines is 2. The average Bonchev–Trinajstić information content (AvgIpc) is 3.14. The van der Waals surface area contributed by atoms with Crippen molar-refractivity contribution >= 4 is 38.2 Å². The number of amides is 1. The van der Waals surface area contributed by atoms with Crippen molar-refractivity contribution in [1.29, 1.82) is 4.78 Å². The summed E-state index contributed by atoms with van der Waals surface area (Å²) in [4.78, 5) is 26.6. The lowest BCUT2D eigenvalue weighted by atomic mass is 10.1. The molecule has 2 heterocycles. The minimum absolute atomic E-state index is 0.00534. The largest absolute Gasteiger partial charge is 0.364 e. The van der Waals surface area contributed by atoms with Gasteiger partial charge in [0.15, 0.2) is 11.5 Å². The predicted molar refractivity (Wildman–Crippen MR) is 134 cm³/mol. The van der Waals surface area contributed by atoms with E-state index in [-0.39, 0.29) is 17.3 Å². The summed E-state index contributed by atoms with van der Waals surface area (Å²) in [5.41, 5.74) is 11.4. The van der Waals surface area contributed by atoms with E-state index in [4.69, 9.17) is 10.5 Å². The molecule has 176 valence electrons. The van der Waals surface area contributed by atoms with Crippen LogP contribution in [0.3, 0.4) is 0 Å². The highest BCUT2D eigenvalue weighted by Crippen LogP contribution is 2.31. The molecule has 34 heavy (non-hydrogen) atoms. The molecule has 0 bridgehead atoms. The molecule has 0 spiro atoms. The van der Waals surface area contributed by atoms with Crippen LogP contribution in [-0.4, -0.2) is 35.4 Å². The molecule has 1 amide bonds. The minimum Gasteiger partial charge on any atom is -0.364 e. The van der Waals surface area contributed by atoms with Crippen LogP contribution >= 0.6 is 0 Å². The van der Waals surface area contributed by atoms with Crippen LogP contribution in [0.25, 0.3) is 22.3 Å². The van der Waals surface area contributed by atoms with Crippen LogP contribution in [0.4, 0.5) is 11.5 Å². The van der Waals surface area contributed by atoms with E-state index >= 15 is 0 Å². The van der Waals surface area contributed by atoms with E-state index in [1.54, 1.807) is 25.4 Å².